The molecule has 1 aromatic rings. The molecule has 17 heavy (non-hydrogen) atoms. The van der Waals surface area contributed by atoms with Gasteiger partial charge in [0.1, 0.15) is 0 Å². The van der Waals surface area contributed by atoms with E-state index in [4.69, 9.17) is 16.3 Å². The maximum atomic E-state index is 6.53. The largest absolute Gasteiger partial charge is 0.378 e. The van der Waals surface area contributed by atoms with Gasteiger partial charge in [-0.1, -0.05) is 18.2 Å². The summed E-state index contributed by atoms with van der Waals surface area (Å²) in [6.07, 6.45) is 2.35. The molecule has 1 heterocycles. The predicted octanol–water partition coefficient (Wildman–Crippen LogP) is 3.88. The van der Waals surface area contributed by atoms with Crippen LogP contribution in [0, 0.1) is 19.8 Å². The Balaban J connectivity index is 2.02. The number of hydrogen-bond acceptors (Lipinski definition) is 1. The van der Waals surface area contributed by atoms with Crippen molar-refractivity contribution < 1.29 is 4.74 Å². The molecule has 1 saturated heterocycles. The van der Waals surface area contributed by atoms with Gasteiger partial charge in [-0.2, -0.15) is 0 Å². The van der Waals surface area contributed by atoms with E-state index < -0.39 is 0 Å². The fraction of sp³-hybridized carbons (Fsp3) is 0.600. The van der Waals surface area contributed by atoms with Crippen LogP contribution in [-0.2, 0) is 11.2 Å². The molecule has 3 atom stereocenters. The van der Waals surface area contributed by atoms with Gasteiger partial charge >= 0.3 is 0 Å². The second kappa shape index (κ2) is 5.41. The zero-order valence-electron chi connectivity index (χ0n) is 10.9. The van der Waals surface area contributed by atoms with Gasteiger partial charge in [-0.15, -0.1) is 11.6 Å². The van der Waals surface area contributed by atoms with Crippen molar-refractivity contribution in [1.82, 2.24) is 0 Å². The van der Waals surface area contributed by atoms with Crippen molar-refractivity contribution in [2.45, 2.75) is 45.1 Å². The Morgan fingerprint density at radius 1 is 1.35 bits per heavy atom. The van der Waals surface area contributed by atoms with Crippen molar-refractivity contribution in [3.63, 3.8) is 0 Å². The molecule has 2 rings (SSSR count). The predicted molar refractivity (Wildman–Crippen MR) is 72.8 cm³/mol. The summed E-state index contributed by atoms with van der Waals surface area (Å²) < 4.78 is 5.58. The van der Waals surface area contributed by atoms with E-state index in [0.717, 1.165) is 19.4 Å². The van der Waals surface area contributed by atoms with Crippen molar-refractivity contribution >= 4 is 11.6 Å². The first-order valence-electron chi connectivity index (χ1n) is 6.39. The van der Waals surface area contributed by atoms with Crippen LogP contribution in [0.4, 0.5) is 0 Å². The molecule has 1 nitrogen and oxygen atoms in total. The molecule has 1 aliphatic heterocycles. The molecular formula is C15H21ClO. The normalized spacial score (nSPS) is 26.1. The van der Waals surface area contributed by atoms with E-state index in [1.165, 1.54) is 16.7 Å². The van der Waals surface area contributed by atoms with Crippen LogP contribution in [0.25, 0.3) is 0 Å². The summed E-state index contributed by atoms with van der Waals surface area (Å²) >= 11 is 6.53. The number of ether oxygens (including phenoxy) is 1. The Bertz CT molecular complexity index is 389. The minimum atomic E-state index is 0.189. The molecule has 1 fully saturated rings. The van der Waals surface area contributed by atoms with Crippen LogP contribution in [0.5, 0.6) is 0 Å². The van der Waals surface area contributed by atoms with Gasteiger partial charge in [0.25, 0.3) is 0 Å². The summed E-state index contributed by atoms with van der Waals surface area (Å²) in [5, 5.41) is 0.189. The summed E-state index contributed by atoms with van der Waals surface area (Å²) in [6.45, 7) is 7.29. The first-order valence-corrected chi connectivity index (χ1v) is 6.83. The lowest BCUT2D eigenvalue weighted by atomic mass is 9.93. The Kier molecular flexibility index (Phi) is 4.11. The third-order valence-electron chi connectivity index (χ3n) is 3.90. The van der Waals surface area contributed by atoms with Gasteiger partial charge < -0.3 is 4.74 Å². The van der Waals surface area contributed by atoms with Gasteiger partial charge in [0, 0.05) is 17.9 Å². The van der Waals surface area contributed by atoms with Gasteiger partial charge in [0.2, 0.25) is 0 Å². The molecule has 0 N–H and O–H groups in total. The molecule has 2 heteroatoms. The zero-order chi connectivity index (χ0) is 12.4. The van der Waals surface area contributed by atoms with Crippen molar-refractivity contribution in [3.8, 4) is 0 Å². The highest BCUT2D eigenvalue weighted by Crippen LogP contribution is 2.29. The molecule has 0 spiro atoms. The van der Waals surface area contributed by atoms with Crippen LogP contribution in [0.15, 0.2) is 18.2 Å². The lowest BCUT2D eigenvalue weighted by Crippen LogP contribution is -2.23. The number of hydrogen-bond donors (Lipinski definition) is 0. The summed E-state index contributed by atoms with van der Waals surface area (Å²) in [5.74, 6) is 0.498. The second-order valence-electron chi connectivity index (χ2n) is 5.17. The summed E-state index contributed by atoms with van der Waals surface area (Å²) in [6, 6.07) is 6.63. The molecule has 0 bridgehead atoms. The van der Waals surface area contributed by atoms with Crippen molar-refractivity contribution in [3.05, 3.63) is 34.9 Å². The topological polar surface area (TPSA) is 9.23 Å². The molecule has 0 aliphatic carbocycles. The van der Waals surface area contributed by atoms with Crippen LogP contribution in [0.2, 0.25) is 0 Å². The van der Waals surface area contributed by atoms with E-state index in [-0.39, 0.29) is 5.38 Å². The fourth-order valence-electron chi connectivity index (χ4n) is 2.53. The maximum absolute atomic E-state index is 6.53. The lowest BCUT2D eigenvalue weighted by molar-refractivity contribution is 0.105. The SMILES string of the molecule is Cc1ccc(CC(Cl)C2CCOC2C)cc1C. The molecule has 1 aromatic carbocycles. The summed E-state index contributed by atoms with van der Waals surface area (Å²) in [4.78, 5) is 0. The highest BCUT2D eigenvalue weighted by Gasteiger charge is 2.30. The maximum Gasteiger partial charge on any atom is 0.0590 e. The van der Waals surface area contributed by atoms with Gasteiger partial charge in [0.15, 0.2) is 0 Å². The zero-order valence-corrected chi connectivity index (χ0v) is 11.6. The average Bonchev–Trinajstić information content (AvgIpc) is 2.70. The van der Waals surface area contributed by atoms with E-state index in [1.54, 1.807) is 0 Å². The standard InChI is InChI=1S/C15H21ClO/c1-10-4-5-13(8-11(10)2)9-15(16)14-6-7-17-12(14)3/h4-5,8,12,14-15H,6-7,9H2,1-3H3. The quantitative estimate of drug-likeness (QED) is 0.742. The number of aryl methyl sites for hydroxylation is 2. The fourth-order valence-corrected chi connectivity index (χ4v) is 3.04. The molecule has 1 aliphatic rings. The number of alkyl halides is 1. The summed E-state index contributed by atoms with van der Waals surface area (Å²) in [5.41, 5.74) is 4.03. The van der Waals surface area contributed by atoms with Gasteiger partial charge in [-0.25, -0.2) is 0 Å². The highest BCUT2D eigenvalue weighted by molar-refractivity contribution is 6.21. The number of benzene rings is 1. The molecule has 0 saturated carbocycles. The van der Waals surface area contributed by atoms with E-state index in [0.29, 0.717) is 12.0 Å². The minimum Gasteiger partial charge on any atom is -0.378 e. The van der Waals surface area contributed by atoms with Crippen molar-refractivity contribution in [2.24, 2.45) is 5.92 Å². The Morgan fingerprint density at radius 2 is 2.12 bits per heavy atom. The molecule has 3 unspecified atom stereocenters. The van der Waals surface area contributed by atoms with E-state index in [2.05, 4.69) is 39.0 Å². The van der Waals surface area contributed by atoms with Crippen molar-refractivity contribution in [2.75, 3.05) is 6.61 Å². The van der Waals surface area contributed by atoms with Crippen LogP contribution < -0.4 is 0 Å². The van der Waals surface area contributed by atoms with Gasteiger partial charge in [-0.3, -0.25) is 0 Å². The molecule has 0 amide bonds. The molecule has 0 aromatic heterocycles. The first kappa shape index (κ1) is 12.9. The van der Waals surface area contributed by atoms with Crippen LogP contribution in [0.1, 0.15) is 30.0 Å². The Labute approximate surface area is 109 Å². The number of rotatable bonds is 3. The molecule has 94 valence electrons. The molecular weight excluding hydrogens is 232 g/mol. The van der Waals surface area contributed by atoms with E-state index >= 15 is 0 Å². The van der Waals surface area contributed by atoms with Crippen LogP contribution in [-0.4, -0.2) is 18.1 Å². The van der Waals surface area contributed by atoms with Crippen LogP contribution in [0.3, 0.4) is 0 Å². The lowest BCUT2D eigenvalue weighted by Gasteiger charge is -2.20. The van der Waals surface area contributed by atoms with E-state index in [1.807, 2.05) is 0 Å². The van der Waals surface area contributed by atoms with Crippen molar-refractivity contribution in [1.29, 1.82) is 0 Å². The first-order chi connectivity index (χ1) is 8.08. The second-order valence-corrected chi connectivity index (χ2v) is 5.73. The monoisotopic (exact) mass is 252 g/mol. The van der Waals surface area contributed by atoms with E-state index in [9.17, 15) is 0 Å². The Morgan fingerprint density at radius 3 is 2.71 bits per heavy atom. The smallest absolute Gasteiger partial charge is 0.0590 e. The third kappa shape index (κ3) is 3.02. The summed E-state index contributed by atoms with van der Waals surface area (Å²) in [7, 11) is 0. The minimum absolute atomic E-state index is 0.189. The molecule has 0 radical (unpaired) electrons. The Hall–Kier alpha value is -0.530. The van der Waals surface area contributed by atoms with Gasteiger partial charge in [-0.05, 0) is 50.3 Å². The van der Waals surface area contributed by atoms with Gasteiger partial charge in [0.05, 0.1) is 6.10 Å². The van der Waals surface area contributed by atoms with Crippen LogP contribution >= 0.6 is 11.6 Å². The number of halogens is 1. The third-order valence-corrected chi connectivity index (χ3v) is 4.38. The highest BCUT2D eigenvalue weighted by atomic mass is 35.5. The average molecular weight is 253 g/mol.